The van der Waals surface area contributed by atoms with Crippen LogP contribution in [0.25, 0.3) is 10.9 Å². The van der Waals surface area contributed by atoms with Crippen molar-refractivity contribution >= 4 is 17.1 Å². The Balaban J connectivity index is 2.05. The highest BCUT2D eigenvalue weighted by atomic mass is 19.1. The highest BCUT2D eigenvalue weighted by Crippen LogP contribution is 2.21. The number of hydrogen-bond donors (Lipinski definition) is 1. The molecule has 1 heterocycles. The standard InChI is InChI=1S/C16H13FN2O/c17-14-7-5-12(6-8-14)10-19-11-13(9-18-20)15-3-1-2-4-16(15)19/h1-9,11,20H,10H2. The van der Waals surface area contributed by atoms with Gasteiger partial charge in [0.15, 0.2) is 0 Å². The molecule has 3 rings (SSSR count). The van der Waals surface area contributed by atoms with Gasteiger partial charge in [-0.3, -0.25) is 0 Å². The van der Waals surface area contributed by atoms with E-state index in [2.05, 4.69) is 9.72 Å². The van der Waals surface area contributed by atoms with E-state index in [1.54, 1.807) is 12.1 Å². The molecule has 0 fully saturated rings. The van der Waals surface area contributed by atoms with Crippen molar-refractivity contribution in [3.8, 4) is 0 Å². The second-order valence-electron chi connectivity index (χ2n) is 4.60. The van der Waals surface area contributed by atoms with Gasteiger partial charge in [0, 0.05) is 29.2 Å². The average molecular weight is 268 g/mol. The van der Waals surface area contributed by atoms with E-state index in [1.807, 2.05) is 30.5 Å². The molecule has 0 spiro atoms. The van der Waals surface area contributed by atoms with E-state index < -0.39 is 0 Å². The van der Waals surface area contributed by atoms with Gasteiger partial charge in [0.25, 0.3) is 0 Å². The Morgan fingerprint density at radius 3 is 2.60 bits per heavy atom. The molecule has 0 aliphatic heterocycles. The van der Waals surface area contributed by atoms with Crippen LogP contribution in [0, 0.1) is 5.82 Å². The minimum absolute atomic E-state index is 0.237. The zero-order chi connectivity index (χ0) is 13.9. The molecule has 3 nitrogen and oxygen atoms in total. The molecule has 0 aliphatic rings. The summed E-state index contributed by atoms with van der Waals surface area (Å²) < 4.78 is 15.0. The third-order valence-corrected chi connectivity index (χ3v) is 3.28. The normalized spacial score (nSPS) is 11.4. The van der Waals surface area contributed by atoms with E-state index in [1.165, 1.54) is 18.3 Å². The maximum absolute atomic E-state index is 12.9. The third-order valence-electron chi connectivity index (χ3n) is 3.28. The summed E-state index contributed by atoms with van der Waals surface area (Å²) in [5, 5.41) is 12.8. The van der Waals surface area contributed by atoms with Gasteiger partial charge in [-0.1, -0.05) is 35.5 Å². The van der Waals surface area contributed by atoms with E-state index in [-0.39, 0.29) is 5.82 Å². The Hall–Kier alpha value is -2.62. The highest BCUT2D eigenvalue weighted by Gasteiger charge is 2.07. The quantitative estimate of drug-likeness (QED) is 0.439. The molecule has 20 heavy (non-hydrogen) atoms. The molecule has 1 aromatic heterocycles. The number of halogens is 1. The van der Waals surface area contributed by atoms with Crippen molar-refractivity contribution in [2.45, 2.75) is 6.54 Å². The van der Waals surface area contributed by atoms with Crippen molar-refractivity contribution in [2.75, 3.05) is 0 Å². The Morgan fingerprint density at radius 2 is 1.85 bits per heavy atom. The summed E-state index contributed by atoms with van der Waals surface area (Å²) in [5.41, 5.74) is 2.91. The smallest absolute Gasteiger partial charge is 0.123 e. The van der Waals surface area contributed by atoms with Crippen molar-refractivity contribution in [1.82, 2.24) is 4.57 Å². The number of nitrogens with zero attached hydrogens (tertiary/aromatic N) is 2. The first-order valence-corrected chi connectivity index (χ1v) is 6.27. The molecular weight excluding hydrogens is 255 g/mol. The number of aromatic nitrogens is 1. The zero-order valence-electron chi connectivity index (χ0n) is 10.7. The van der Waals surface area contributed by atoms with Crippen LogP contribution >= 0.6 is 0 Å². The summed E-state index contributed by atoms with van der Waals surface area (Å²) >= 11 is 0. The molecule has 0 saturated heterocycles. The fourth-order valence-electron chi connectivity index (χ4n) is 2.36. The molecule has 0 bridgehead atoms. The van der Waals surface area contributed by atoms with Gasteiger partial charge >= 0.3 is 0 Å². The predicted molar refractivity (Wildman–Crippen MR) is 76.8 cm³/mol. The van der Waals surface area contributed by atoms with Crippen LogP contribution in [0.4, 0.5) is 4.39 Å². The van der Waals surface area contributed by atoms with Crippen molar-refractivity contribution in [2.24, 2.45) is 5.16 Å². The minimum Gasteiger partial charge on any atom is -0.411 e. The second-order valence-corrected chi connectivity index (χ2v) is 4.60. The van der Waals surface area contributed by atoms with Gasteiger partial charge in [0.1, 0.15) is 5.82 Å². The molecule has 0 unspecified atom stereocenters. The molecule has 0 aliphatic carbocycles. The van der Waals surface area contributed by atoms with Crippen LogP contribution in [-0.2, 0) is 6.54 Å². The molecule has 100 valence electrons. The van der Waals surface area contributed by atoms with Gasteiger partial charge in [-0.2, -0.15) is 0 Å². The van der Waals surface area contributed by atoms with E-state index in [9.17, 15) is 4.39 Å². The van der Waals surface area contributed by atoms with Crippen LogP contribution in [-0.4, -0.2) is 16.0 Å². The van der Waals surface area contributed by atoms with Crippen molar-refractivity contribution in [3.05, 3.63) is 71.7 Å². The van der Waals surface area contributed by atoms with E-state index in [0.717, 1.165) is 22.0 Å². The average Bonchev–Trinajstić information content (AvgIpc) is 2.81. The van der Waals surface area contributed by atoms with Gasteiger partial charge in [-0.25, -0.2) is 4.39 Å². The van der Waals surface area contributed by atoms with Crippen LogP contribution in [0.15, 0.2) is 59.9 Å². The van der Waals surface area contributed by atoms with Crippen LogP contribution in [0.3, 0.4) is 0 Å². The number of oxime groups is 1. The summed E-state index contributed by atoms with van der Waals surface area (Å²) in [6.45, 7) is 0.639. The Bertz CT molecular complexity index is 760. The number of fused-ring (bicyclic) bond motifs is 1. The fraction of sp³-hybridized carbons (Fsp3) is 0.0625. The maximum atomic E-state index is 12.9. The van der Waals surface area contributed by atoms with Gasteiger partial charge in [0.2, 0.25) is 0 Å². The molecule has 1 N–H and O–H groups in total. The Labute approximate surface area is 115 Å². The van der Waals surface area contributed by atoms with Crippen molar-refractivity contribution in [3.63, 3.8) is 0 Å². The van der Waals surface area contributed by atoms with Crippen LogP contribution < -0.4 is 0 Å². The SMILES string of the molecule is ON=Cc1cn(Cc2ccc(F)cc2)c2ccccc12. The second kappa shape index (κ2) is 5.17. The van der Waals surface area contributed by atoms with Gasteiger partial charge in [0.05, 0.1) is 6.21 Å². The van der Waals surface area contributed by atoms with Gasteiger partial charge < -0.3 is 9.77 Å². The van der Waals surface area contributed by atoms with Crippen LogP contribution in [0.5, 0.6) is 0 Å². The zero-order valence-corrected chi connectivity index (χ0v) is 10.7. The number of para-hydroxylation sites is 1. The highest BCUT2D eigenvalue weighted by molar-refractivity contribution is 5.99. The number of rotatable bonds is 3. The van der Waals surface area contributed by atoms with Crippen LogP contribution in [0.2, 0.25) is 0 Å². The topological polar surface area (TPSA) is 37.5 Å². The molecule has 2 aromatic carbocycles. The Kier molecular flexibility index (Phi) is 3.21. The Morgan fingerprint density at radius 1 is 1.10 bits per heavy atom. The predicted octanol–water partition coefficient (Wildman–Crippen LogP) is 3.64. The largest absolute Gasteiger partial charge is 0.411 e. The third kappa shape index (κ3) is 2.28. The lowest BCUT2D eigenvalue weighted by Gasteiger charge is -2.05. The lowest BCUT2D eigenvalue weighted by molar-refractivity contribution is 0.322. The van der Waals surface area contributed by atoms with Gasteiger partial charge in [-0.15, -0.1) is 0 Å². The van der Waals surface area contributed by atoms with Crippen molar-refractivity contribution in [1.29, 1.82) is 0 Å². The molecule has 3 aromatic rings. The monoisotopic (exact) mass is 268 g/mol. The summed E-state index contributed by atoms with van der Waals surface area (Å²) in [5.74, 6) is -0.237. The van der Waals surface area contributed by atoms with E-state index in [0.29, 0.717) is 6.54 Å². The first-order valence-electron chi connectivity index (χ1n) is 6.27. The molecule has 0 saturated carbocycles. The molecule has 0 amide bonds. The fourth-order valence-corrected chi connectivity index (χ4v) is 2.36. The van der Waals surface area contributed by atoms with E-state index >= 15 is 0 Å². The summed E-state index contributed by atoms with van der Waals surface area (Å²) in [7, 11) is 0. The lowest BCUT2D eigenvalue weighted by Crippen LogP contribution is -1.97. The summed E-state index contributed by atoms with van der Waals surface area (Å²) in [6, 6.07) is 14.3. The first kappa shape index (κ1) is 12.4. The lowest BCUT2D eigenvalue weighted by atomic mass is 10.2. The van der Waals surface area contributed by atoms with Gasteiger partial charge in [-0.05, 0) is 23.8 Å². The summed E-state index contributed by atoms with van der Waals surface area (Å²) in [4.78, 5) is 0. The maximum Gasteiger partial charge on any atom is 0.123 e. The summed E-state index contributed by atoms with van der Waals surface area (Å²) in [6.07, 6.45) is 3.34. The number of benzene rings is 2. The molecular formula is C16H13FN2O. The molecule has 4 heteroatoms. The minimum atomic E-state index is -0.237. The molecule has 0 radical (unpaired) electrons. The van der Waals surface area contributed by atoms with Crippen LogP contribution in [0.1, 0.15) is 11.1 Å². The van der Waals surface area contributed by atoms with E-state index in [4.69, 9.17) is 5.21 Å². The van der Waals surface area contributed by atoms with Crippen molar-refractivity contribution < 1.29 is 9.60 Å². The first-order chi connectivity index (χ1) is 9.78. The molecule has 0 atom stereocenters. The number of hydrogen-bond acceptors (Lipinski definition) is 2.